The second-order valence-corrected chi connectivity index (χ2v) is 6.87. The van der Waals surface area contributed by atoms with Gasteiger partial charge in [0.15, 0.2) is 11.8 Å². The molecule has 6 heteroatoms. The van der Waals surface area contributed by atoms with Gasteiger partial charge in [-0.25, -0.2) is 0 Å². The molecular formula is C18H33N5O. The molecule has 1 fully saturated rings. The summed E-state index contributed by atoms with van der Waals surface area (Å²) in [4.78, 5) is 8.83. The third kappa shape index (κ3) is 6.89. The van der Waals surface area contributed by atoms with E-state index >= 15 is 0 Å². The molecular weight excluding hydrogens is 302 g/mol. The number of nitrogens with zero attached hydrogens (tertiary/aromatic N) is 3. The van der Waals surface area contributed by atoms with Crippen LogP contribution in [0.4, 0.5) is 0 Å². The minimum absolute atomic E-state index is 0.440. The average Bonchev–Trinajstić information content (AvgIpc) is 2.99. The average molecular weight is 335 g/mol. The lowest BCUT2D eigenvalue weighted by molar-refractivity contribution is 0.322. The van der Waals surface area contributed by atoms with Crippen molar-refractivity contribution in [3.63, 3.8) is 0 Å². The van der Waals surface area contributed by atoms with Gasteiger partial charge in [0, 0.05) is 19.0 Å². The van der Waals surface area contributed by atoms with E-state index in [2.05, 4.69) is 39.6 Å². The summed E-state index contributed by atoms with van der Waals surface area (Å²) >= 11 is 0. The van der Waals surface area contributed by atoms with E-state index in [1.165, 1.54) is 44.9 Å². The Morgan fingerprint density at radius 3 is 2.79 bits per heavy atom. The van der Waals surface area contributed by atoms with E-state index in [-0.39, 0.29) is 0 Å². The molecule has 24 heavy (non-hydrogen) atoms. The topological polar surface area (TPSA) is 75.3 Å². The number of hydrogen-bond donors (Lipinski definition) is 2. The quantitative estimate of drug-likeness (QED) is 0.563. The van der Waals surface area contributed by atoms with E-state index in [1.54, 1.807) is 0 Å². The van der Waals surface area contributed by atoms with Crippen LogP contribution in [0.3, 0.4) is 0 Å². The standard InChI is InChI=1S/C18H33N5O/c1-4-19-18(20-13-12-17-22-15(3)23-24-17)21-14(2)10-11-16-8-6-5-7-9-16/h14,16H,4-13H2,1-3H3,(H2,19,20,21). The third-order valence-corrected chi connectivity index (χ3v) is 4.63. The van der Waals surface area contributed by atoms with E-state index in [0.29, 0.717) is 30.7 Å². The highest BCUT2D eigenvalue weighted by atomic mass is 16.5. The maximum Gasteiger partial charge on any atom is 0.228 e. The summed E-state index contributed by atoms with van der Waals surface area (Å²) in [5.74, 6) is 3.14. The highest BCUT2D eigenvalue weighted by Crippen LogP contribution is 2.27. The van der Waals surface area contributed by atoms with E-state index in [1.807, 2.05) is 6.92 Å². The number of aliphatic imine (C=N–C) groups is 1. The summed E-state index contributed by atoms with van der Waals surface area (Å²) in [5, 5.41) is 10.6. The van der Waals surface area contributed by atoms with Crippen LogP contribution in [0.25, 0.3) is 0 Å². The Labute approximate surface area is 145 Å². The first-order valence-electron chi connectivity index (χ1n) is 9.51. The van der Waals surface area contributed by atoms with Crippen molar-refractivity contribution in [1.82, 2.24) is 20.8 Å². The molecule has 1 heterocycles. The number of hydrogen-bond acceptors (Lipinski definition) is 4. The van der Waals surface area contributed by atoms with Gasteiger partial charge in [0.2, 0.25) is 5.89 Å². The lowest BCUT2D eigenvalue weighted by atomic mass is 9.85. The van der Waals surface area contributed by atoms with Crippen LogP contribution in [0.5, 0.6) is 0 Å². The molecule has 1 saturated carbocycles. The number of nitrogens with one attached hydrogen (secondary N) is 2. The Hall–Kier alpha value is -1.59. The fourth-order valence-electron chi connectivity index (χ4n) is 3.29. The van der Waals surface area contributed by atoms with Gasteiger partial charge >= 0.3 is 0 Å². The van der Waals surface area contributed by atoms with Crippen LogP contribution >= 0.6 is 0 Å². The molecule has 1 aromatic heterocycles. The van der Waals surface area contributed by atoms with Gasteiger partial charge in [-0.15, -0.1) is 0 Å². The van der Waals surface area contributed by atoms with Gasteiger partial charge in [0.05, 0.1) is 6.54 Å². The van der Waals surface area contributed by atoms with Crippen LogP contribution in [0.2, 0.25) is 0 Å². The lowest BCUT2D eigenvalue weighted by Gasteiger charge is -2.24. The molecule has 136 valence electrons. The zero-order valence-corrected chi connectivity index (χ0v) is 15.5. The highest BCUT2D eigenvalue weighted by molar-refractivity contribution is 5.80. The number of guanidine groups is 1. The van der Waals surface area contributed by atoms with Crippen molar-refractivity contribution < 1.29 is 4.52 Å². The summed E-state index contributed by atoms with van der Waals surface area (Å²) < 4.78 is 5.12. The van der Waals surface area contributed by atoms with Crippen LogP contribution < -0.4 is 10.6 Å². The van der Waals surface area contributed by atoms with Crippen molar-refractivity contribution in [2.75, 3.05) is 13.1 Å². The van der Waals surface area contributed by atoms with Gasteiger partial charge < -0.3 is 15.2 Å². The molecule has 2 N–H and O–H groups in total. The summed E-state index contributed by atoms with van der Waals surface area (Å²) in [5.41, 5.74) is 0. The fraction of sp³-hybridized carbons (Fsp3) is 0.833. The molecule has 0 amide bonds. The summed E-state index contributed by atoms with van der Waals surface area (Å²) in [6.45, 7) is 7.67. The zero-order valence-electron chi connectivity index (χ0n) is 15.5. The summed E-state index contributed by atoms with van der Waals surface area (Å²) in [6, 6.07) is 0.440. The Bertz CT molecular complexity index is 493. The second kappa shape index (κ2) is 10.3. The second-order valence-electron chi connectivity index (χ2n) is 6.87. The first kappa shape index (κ1) is 18.7. The first-order valence-corrected chi connectivity index (χ1v) is 9.51. The minimum atomic E-state index is 0.440. The molecule has 0 bridgehead atoms. The van der Waals surface area contributed by atoms with Crippen molar-refractivity contribution in [3.05, 3.63) is 11.7 Å². The Morgan fingerprint density at radius 2 is 2.12 bits per heavy atom. The van der Waals surface area contributed by atoms with Crippen molar-refractivity contribution >= 4 is 5.96 Å². The van der Waals surface area contributed by atoms with Gasteiger partial charge in [-0.3, -0.25) is 4.99 Å². The molecule has 1 unspecified atom stereocenters. The third-order valence-electron chi connectivity index (χ3n) is 4.63. The molecule has 1 atom stereocenters. The molecule has 0 spiro atoms. The van der Waals surface area contributed by atoms with Gasteiger partial charge in [0.1, 0.15) is 0 Å². The molecule has 1 aliphatic rings. The Morgan fingerprint density at radius 1 is 1.33 bits per heavy atom. The van der Waals surface area contributed by atoms with Gasteiger partial charge in [-0.1, -0.05) is 37.3 Å². The van der Waals surface area contributed by atoms with Gasteiger partial charge in [-0.05, 0) is 39.5 Å². The molecule has 1 aliphatic carbocycles. The molecule has 0 saturated heterocycles. The molecule has 0 aromatic carbocycles. The van der Waals surface area contributed by atoms with Crippen LogP contribution in [0.15, 0.2) is 9.52 Å². The molecule has 2 rings (SSSR count). The van der Waals surface area contributed by atoms with E-state index in [4.69, 9.17) is 4.52 Å². The fourth-order valence-corrected chi connectivity index (χ4v) is 3.29. The van der Waals surface area contributed by atoms with E-state index in [0.717, 1.165) is 18.4 Å². The van der Waals surface area contributed by atoms with Crippen LogP contribution in [-0.4, -0.2) is 35.2 Å². The highest BCUT2D eigenvalue weighted by Gasteiger charge is 2.15. The first-order chi connectivity index (χ1) is 11.7. The summed E-state index contributed by atoms with van der Waals surface area (Å²) in [6.07, 6.45) is 10.3. The van der Waals surface area contributed by atoms with Crippen LogP contribution in [0, 0.1) is 12.8 Å². The molecule has 6 nitrogen and oxygen atoms in total. The van der Waals surface area contributed by atoms with Crippen molar-refractivity contribution in [2.24, 2.45) is 10.9 Å². The molecule has 1 aromatic rings. The predicted molar refractivity (Wildman–Crippen MR) is 97.1 cm³/mol. The van der Waals surface area contributed by atoms with Gasteiger partial charge in [0.25, 0.3) is 0 Å². The predicted octanol–water partition coefficient (Wildman–Crippen LogP) is 3.22. The van der Waals surface area contributed by atoms with Crippen LogP contribution in [-0.2, 0) is 6.42 Å². The van der Waals surface area contributed by atoms with E-state index < -0.39 is 0 Å². The van der Waals surface area contributed by atoms with Crippen molar-refractivity contribution in [3.8, 4) is 0 Å². The molecule has 0 aliphatic heterocycles. The maximum absolute atomic E-state index is 5.12. The SMILES string of the molecule is CCNC(=NCCc1nc(C)no1)NC(C)CCC1CCCCC1. The number of aromatic nitrogens is 2. The van der Waals surface area contributed by atoms with Gasteiger partial charge in [-0.2, -0.15) is 4.98 Å². The summed E-state index contributed by atoms with van der Waals surface area (Å²) in [7, 11) is 0. The van der Waals surface area contributed by atoms with Crippen molar-refractivity contribution in [2.45, 2.75) is 78.2 Å². The van der Waals surface area contributed by atoms with Crippen molar-refractivity contribution in [1.29, 1.82) is 0 Å². The number of rotatable bonds is 8. The lowest BCUT2D eigenvalue weighted by Crippen LogP contribution is -2.42. The minimum Gasteiger partial charge on any atom is -0.357 e. The number of aryl methyl sites for hydroxylation is 1. The smallest absolute Gasteiger partial charge is 0.228 e. The zero-order chi connectivity index (χ0) is 17.2. The monoisotopic (exact) mass is 335 g/mol. The Kier molecular flexibility index (Phi) is 8.05. The normalized spacial score (nSPS) is 17.7. The largest absolute Gasteiger partial charge is 0.357 e. The molecule has 0 radical (unpaired) electrons. The maximum atomic E-state index is 5.12. The van der Waals surface area contributed by atoms with E-state index in [9.17, 15) is 0 Å². The van der Waals surface area contributed by atoms with Crippen LogP contribution in [0.1, 0.15) is 70.5 Å². The Balaban J connectivity index is 1.72.